The van der Waals surface area contributed by atoms with Crippen LogP contribution in [0.4, 0.5) is 20.2 Å². The lowest BCUT2D eigenvalue weighted by Crippen LogP contribution is -2.40. The molecule has 31 heavy (non-hydrogen) atoms. The quantitative estimate of drug-likeness (QED) is 0.738. The molecule has 2 aromatic rings. The maximum Gasteiger partial charge on any atom is 0.267 e. The van der Waals surface area contributed by atoms with Crippen molar-refractivity contribution >= 4 is 28.9 Å². The van der Waals surface area contributed by atoms with E-state index >= 15 is 0 Å². The summed E-state index contributed by atoms with van der Waals surface area (Å²) in [5.74, 6) is -2.47. The van der Waals surface area contributed by atoms with Crippen LogP contribution in [0.25, 0.3) is 0 Å². The van der Waals surface area contributed by atoms with Crippen LogP contribution in [0, 0.1) is 17.6 Å². The number of halogens is 2. The molecule has 162 valence electrons. The Balaban J connectivity index is 1.35. The van der Waals surface area contributed by atoms with Gasteiger partial charge in [0.15, 0.2) is 11.6 Å². The standard InChI is InChI=1S/C22H23F2N5O2/c23-17-7-6-16(10-18(17)24)28-9-8-14(13-28)12-26-22(31)19-11-20(21(25)30)29(27-19)15-4-2-1-3-5-15/h1-7,10,14,20H,8-9,11-13H2,(H2,25,30)(H,26,31). The third-order valence-electron chi connectivity index (χ3n) is 5.63. The number of benzene rings is 2. The van der Waals surface area contributed by atoms with Crippen LogP contribution in [0.3, 0.4) is 0 Å². The number of nitrogens with one attached hydrogen (secondary N) is 1. The summed E-state index contributed by atoms with van der Waals surface area (Å²) in [6.45, 7) is 1.74. The molecule has 2 heterocycles. The van der Waals surface area contributed by atoms with E-state index < -0.39 is 23.6 Å². The number of carbonyl (C=O) groups is 2. The zero-order chi connectivity index (χ0) is 22.0. The van der Waals surface area contributed by atoms with Crippen molar-refractivity contribution in [2.45, 2.75) is 18.9 Å². The monoisotopic (exact) mass is 427 g/mol. The van der Waals surface area contributed by atoms with Gasteiger partial charge in [-0.3, -0.25) is 14.6 Å². The molecule has 0 spiro atoms. The van der Waals surface area contributed by atoms with E-state index in [1.165, 1.54) is 11.1 Å². The summed E-state index contributed by atoms with van der Waals surface area (Å²) in [5, 5.41) is 8.70. The van der Waals surface area contributed by atoms with Crippen LogP contribution in [-0.2, 0) is 9.59 Å². The summed E-state index contributed by atoms with van der Waals surface area (Å²) in [5.41, 5.74) is 7.07. The fourth-order valence-corrected chi connectivity index (χ4v) is 3.94. The van der Waals surface area contributed by atoms with Crippen molar-refractivity contribution in [1.82, 2.24) is 5.32 Å². The van der Waals surface area contributed by atoms with Crippen LogP contribution in [0.15, 0.2) is 53.6 Å². The zero-order valence-electron chi connectivity index (χ0n) is 16.8. The Kier molecular flexibility index (Phi) is 5.83. The second kappa shape index (κ2) is 8.71. The number of primary amides is 1. The number of carbonyl (C=O) groups excluding carboxylic acids is 2. The Morgan fingerprint density at radius 3 is 2.58 bits per heavy atom. The number of hydrazone groups is 1. The summed E-state index contributed by atoms with van der Waals surface area (Å²) in [6, 6.07) is 12.2. The molecule has 1 fully saturated rings. The number of anilines is 2. The molecule has 2 aromatic carbocycles. The molecule has 0 radical (unpaired) electrons. The van der Waals surface area contributed by atoms with Gasteiger partial charge in [0.2, 0.25) is 5.91 Å². The molecule has 2 atom stereocenters. The van der Waals surface area contributed by atoms with E-state index in [1.54, 1.807) is 18.2 Å². The van der Waals surface area contributed by atoms with Crippen molar-refractivity contribution in [3.05, 3.63) is 60.2 Å². The smallest absolute Gasteiger partial charge is 0.267 e. The second-order valence-corrected chi connectivity index (χ2v) is 7.76. The minimum Gasteiger partial charge on any atom is -0.371 e. The van der Waals surface area contributed by atoms with Crippen molar-refractivity contribution in [2.24, 2.45) is 16.8 Å². The Morgan fingerprint density at radius 1 is 1.10 bits per heavy atom. The van der Waals surface area contributed by atoms with Gasteiger partial charge in [-0.1, -0.05) is 18.2 Å². The molecule has 1 saturated heterocycles. The van der Waals surface area contributed by atoms with Gasteiger partial charge < -0.3 is 16.0 Å². The molecule has 2 aliphatic rings. The van der Waals surface area contributed by atoms with Crippen LogP contribution in [0.2, 0.25) is 0 Å². The highest BCUT2D eigenvalue weighted by Gasteiger charge is 2.35. The average Bonchev–Trinajstić information content (AvgIpc) is 3.42. The molecule has 0 saturated carbocycles. The lowest BCUT2D eigenvalue weighted by atomic mass is 10.1. The Bertz CT molecular complexity index is 1010. The van der Waals surface area contributed by atoms with Gasteiger partial charge in [-0.05, 0) is 36.6 Å². The van der Waals surface area contributed by atoms with E-state index in [0.717, 1.165) is 12.5 Å². The van der Waals surface area contributed by atoms with Gasteiger partial charge >= 0.3 is 0 Å². The predicted octanol–water partition coefficient (Wildman–Crippen LogP) is 2.03. The molecule has 2 amide bonds. The van der Waals surface area contributed by atoms with E-state index in [0.29, 0.717) is 31.0 Å². The van der Waals surface area contributed by atoms with Gasteiger partial charge in [0, 0.05) is 37.8 Å². The molecule has 2 unspecified atom stereocenters. The first kappa shape index (κ1) is 20.8. The van der Waals surface area contributed by atoms with Crippen LogP contribution in [0.1, 0.15) is 12.8 Å². The first-order chi connectivity index (χ1) is 14.9. The SMILES string of the molecule is NC(=O)C1CC(C(=O)NCC2CCN(c3ccc(F)c(F)c3)C2)=NN1c1ccccc1. The van der Waals surface area contributed by atoms with E-state index in [4.69, 9.17) is 5.73 Å². The summed E-state index contributed by atoms with van der Waals surface area (Å²) < 4.78 is 26.6. The third kappa shape index (κ3) is 4.50. The van der Waals surface area contributed by atoms with Crippen LogP contribution in [0.5, 0.6) is 0 Å². The minimum atomic E-state index is -0.875. The fourth-order valence-electron chi connectivity index (χ4n) is 3.94. The normalized spacial score (nSPS) is 20.6. The number of para-hydroxylation sites is 1. The van der Waals surface area contributed by atoms with Crippen LogP contribution < -0.4 is 21.0 Å². The highest BCUT2D eigenvalue weighted by atomic mass is 19.2. The van der Waals surface area contributed by atoms with Crippen molar-refractivity contribution in [1.29, 1.82) is 0 Å². The predicted molar refractivity (Wildman–Crippen MR) is 114 cm³/mol. The first-order valence-electron chi connectivity index (χ1n) is 10.1. The van der Waals surface area contributed by atoms with E-state index in [2.05, 4.69) is 10.4 Å². The second-order valence-electron chi connectivity index (χ2n) is 7.76. The lowest BCUT2D eigenvalue weighted by Gasteiger charge is -2.20. The summed E-state index contributed by atoms with van der Waals surface area (Å²) >= 11 is 0. The largest absolute Gasteiger partial charge is 0.371 e. The van der Waals surface area contributed by atoms with E-state index in [1.807, 2.05) is 23.1 Å². The van der Waals surface area contributed by atoms with Crippen LogP contribution >= 0.6 is 0 Å². The van der Waals surface area contributed by atoms with Crippen molar-refractivity contribution in [3.63, 3.8) is 0 Å². The summed E-state index contributed by atoms with van der Waals surface area (Å²) in [4.78, 5) is 26.5. The minimum absolute atomic E-state index is 0.141. The average molecular weight is 427 g/mol. The zero-order valence-corrected chi connectivity index (χ0v) is 16.8. The molecule has 3 N–H and O–H groups in total. The molecule has 0 bridgehead atoms. The van der Waals surface area contributed by atoms with Crippen molar-refractivity contribution < 1.29 is 18.4 Å². The molecule has 4 rings (SSSR count). The summed E-state index contributed by atoms with van der Waals surface area (Å²) in [6.07, 6.45) is 0.952. The molecule has 9 heteroatoms. The molecule has 7 nitrogen and oxygen atoms in total. The fraction of sp³-hybridized carbons (Fsp3) is 0.318. The highest BCUT2D eigenvalue weighted by Crippen LogP contribution is 2.26. The van der Waals surface area contributed by atoms with Crippen LogP contribution in [-0.4, -0.2) is 43.2 Å². The molecule has 0 aromatic heterocycles. The van der Waals surface area contributed by atoms with Gasteiger partial charge in [0.1, 0.15) is 11.8 Å². The Morgan fingerprint density at radius 2 is 1.87 bits per heavy atom. The number of amides is 2. The lowest BCUT2D eigenvalue weighted by molar-refractivity contribution is -0.119. The van der Waals surface area contributed by atoms with Gasteiger partial charge in [-0.25, -0.2) is 8.78 Å². The number of nitrogens with zero attached hydrogens (tertiary/aromatic N) is 3. The maximum atomic E-state index is 13.5. The topological polar surface area (TPSA) is 91.0 Å². The molecular formula is C22H23F2N5O2. The highest BCUT2D eigenvalue weighted by molar-refractivity contribution is 6.40. The first-order valence-corrected chi connectivity index (χ1v) is 10.1. The van der Waals surface area contributed by atoms with E-state index in [-0.39, 0.29) is 24.0 Å². The molecule has 2 aliphatic heterocycles. The van der Waals surface area contributed by atoms with Gasteiger partial charge in [0.05, 0.1) is 5.69 Å². The van der Waals surface area contributed by atoms with Crippen molar-refractivity contribution in [3.8, 4) is 0 Å². The summed E-state index contributed by atoms with van der Waals surface area (Å²) in [7, 11) is 0. The van der Waals surface area contributed by atoms with Gasteiger partial charge in [0.25, 0.3) is 5.91 Å². The molecule has 0 aliphatic carbocycles. The number of hydrogen-bond acceptors (Lipinski definition) is 5. The Hall–Kier alpha value is -3.49. The molecular weight excluding hydrogens is 404 g/mol. The number of rotatable bonds is 6. The number of hydrogen-bond donors (Lipinski definition) is 2. The van der Waals surface area contributed by atoms with Crippen molar-refractivity contribution in [2.75, 3.05) is 29.5 Å². The van der Waals surface area contributed by atoms with E-state index in [9.17, 15) is 18.4 Å². The third-order valence-corrected chi connectivity index (χ3v) is 5.63. The number of nitrogens with two attached hydrogens (primary N) is 1. The van der Waals surface area contributed by atoms with Gasteiger partial charge in [-0.15, -0.1) is 0 Å². The Labute approximate surface area is 178 Å². The maximum absolute atomic E-state index is 13.5. The van der Waals surface area contributed by atoms with Gasteiger partial charge in [-0.2, -0.15) is 5.10 Å².